The van der Waals surface area contributed by atoms with Gasteiger partial charge in [-0.25, -0.2) is 4.79 Å². The van der Waals surface area contributed by atoms with Gasteiger partial charge >= 0.3 is 6.09 Å². The fraction of sp³-hybridized carbons (Fsp3) is 0.667. The van der Waals surface area contributed by atoms with Crippen LogP contribution in [0, 0.1) is 0 Å². The molecular weight excluding hydrogens is 446 g/mol. The summed E-state index contributed by atoms with van der Waals surface area (Å²) in [6.45, 7) is 9.93. The molecule has 8 nitrogen and oxygen atoms in total. The van der Waals surface area contributed by atoms with Crippen LogP contribution in [0.15, 0.2) is 24.3 Å². The summed E-state index contributed by atoms with van der Waals surface area (Å²) in [6.07, 6.45) is 7.17. The van der Waals surface area contributed by atoms with Gasteiger partial charge in [-0.2, -0.15) is 0 Å². The number of aromatic hydroxyl groups is 1. The molecular formula is C27H45N3O5. The van der Waals surface area contributed by atoms with Gasteiger partial charge in [-0.05, 0) is 39.7 Å². The Kier molecular flexibility index (Phi) is 13.8. The van der Waals surface area contributed by atoms with Crippen molar-refractivity contribution in [3.63, 3.8) is 0 Å². The van der Waals surface area contributed by atoms with E-state index in [-0.39, 0.29) is 18.2 Å². The van der Waals surface area contributed by atoms with Crippen molar-refractivity contribution in [3.05, 3.63) is 29.8 Å². The first-order valence-corrected chi connectivity index (χ1v) is 12.9. The van der Waals surface area contributed by atoms with Crippen LogP contribution in [0.2, 0.25) is 0 Å². The Morgan fingerprint density at radius 3 is 2.20 bits per heavy atom. The van der Waals surface area contributed by atoms with E-state index in [1.165, 1.54) is 17.4 Å². The normalized spacial score (nSPS) is 12.0. The van der Waals surface area contributed by atoms with E-state index in [9.17, 15) is 19.5 Å². The quantitative estimate of drug-likeness (QED) is 0.297. The van der Waals surface area contributed by atoms with Crippen molar-refractivity contribution in [2.75, 3.05) is 19.6 Å². The summed E-state index contributed by atoms with van der Waals surface area (Å²) in [5.41, 5.74) is -0.332. The van der Waals surface area contributed by atoms with Gasteiger partial charge in [0.05, 0.1) is 0 Å². The third-order valence-corrected chi connectivity index (χ3v) is 5.48. The molecule has 0 fully saturated rings. The van der Waals surface area contributed by atoms with Gasteiger partial charge in [0.1, 0.15) is 23.9 Å². The number of carbonyl (C=O) groups excluding carboxylic acids is 3. The number of phenols is 1. The largest absolute Gasteiger partial charge is 0.508 e. The van der Waals surface area contributed by atoms with Crippen molar-refractivity contribution in [2.45, 2.75) is 97.6 Å². The molecule has 3 amide bonds. The first-order chi connectivity index (χ1) is 16.6. The lowest BCUT2D eigenvalue weighted by molar-refractivity contribution is -0.140. The zero-order valence-electron chi connectivity index (χ0n) is 22.2. The molecule has 0 saturated heterocycles. The summed E-state index contributed by atoms with van der Waals surface area (Å²) in [7, 11) is 0. The van der Waals surface area contributed by atoms with Gasteiger partial charge in [0.15, 0.2) is 0 Å². The van der Waals surface area contributed by atoms with E-state index in [2.05, 4.69) is 17.6 Å². The maximum absolute atomic E-state index is 13.3. The van der Waals surface area contributed by atoms with Gasteiger partial charge in [0.2, 0.25) is 11.8 Å². The molecule has 198 valence electrons. The van der Waals surface area contributed by atoms with E-state index in [0.717, 1.165) is 38.5 Å². The van der Waals surface area contributed by atoms with Crippen LogP contribution in [0.1, 0.15) is 97.6 Å². The second-order valence-corrected chi connectivity index (χ2v) is 9.82. The van der Waals surface area contributed by atoms with Crippen LogP contribution in [0.4, 0.5) is 4.79 Å². The van der Waals surface area contributed by atoms with Crippen LogP contribution >= 0.6 is 0 Å². The molecule has 8 heteroatoms. The smallest absolute Gasteiger partial charge is 0.408 e. The van der Waals surface area contributed by atoms with E-state index < -0.39 is 23.6 Å². The van der Waals surface area contributed by atoms with Crippen molar-refractivity contribution in [2.24, 2.45) is 0 Å². The number of alkyl carbamates (subject to hydrolysis) is 1. The molecule has 0 saturated carbocycles. The van der Waals surface area contributed by atoms with Gasteiger partial charge in [-0.3, -0.25) is 9.59 Å². The fourth-order valence-electron chi connectivity index (χ4n) is 3.68. The Labute approximate surface area is 210 Å². The fourth-order valence-corrected chi connectivity index (χ4v) is 3.68. The molecule has 0 aliphatic rings. The Bertz CT molecular complexity index is 791. The Balaban J connectivity index is 3.11. The zero-order chi connectivity index (χ0) is 26.3. The Morgan fingerprint density at radius 1 is 0.943 bits per heavy atom. The molecule has 0 heterocycles. The molecule has 3 N–H and O–H groups in total. The molecule has 0 bridgehead atoms. The minimum absolute atomic E-state index is 0.0519. The highest BCUT2D eigenvalue weighted by Gasteiger charge is 2.33. The minimum Gasteiger partial charge on any atom is -0.508 e. The van der Waals surface area contributed by atoms with Gasteiger partial charge in [0, 0.05) is 18.7 Å². The number of rotatable bonds is 15. The summed E-state index contributed by atoms with van der Waals surface area (Å²) in [5, 5.41) is 15.9. The van der Waals surface area contributed by atoms with Crippen LogP contribution in [0.25, 0.3) is 0 Å². The second kappa shape index (κ2) is 16.0. The number of hydrogen-bond acceptors (Lipinski definition) is 5. The number of amides is 3. The number of unbranched alkanes of at least 4 members (excludes halogenated alkanes) is 6. The minimum atomic E-state index is -1.00. The van der Waals surface area contributed by atoms with E-state index in [1.807, 2.05) is 6.92 Å². The monoisotopic (exact) mass is 491 g/mol. The molecule has 0 aliphatic carbocycles. The maximum Gasteiger partial charge on any atom is 0.408 e. The summed E-state index contributed by atoms with van der Waals surface area (Å²) < 4.78 is 5.24. The van der Waals surface area contributed by atoms with E-state index >= 15 is 0 Å². The van der Waals surface area contributed by atoms with Crippen LogP contribution in [0.3, 0.4) is 0 Å². The Hall–Kier alpha value is -2.77. The lowest BCUT2D eigenvalue weighted by Gasteiger charge is -2.32. The zero-order valence-corrected chi connectivity index (χ0v) is 22.2. The lowest BCUT2D eigenvalue weighted by Crippen LogP contribution is -2.48. The van der Waals surface area contributed by atoms with Crippen LogP contribution in [-0.2, 0) is 14.3 Å². The highest BCUT2D eigenvalue weighted by molar-refractivity contribution is 5.90. The molecule has 0 spiro atoms. The highest BCUT2D eigenvalue weighted by atomic mass is 16.6. The van der Waals surface area contributed by atoms with Crippen molar-refractivity contribution < 1.29 is 24.2 Å². The summed E-state index contributed by atoms with van der Waals surface area (Å²) in [6, 6.07) is 5.57. The number of para-hydroxylation sites is 1. The number of nitrogens with one attached hydrogen (secondary N) is 2. The maximum atomic E-state index is 13.3. The molecule has 1 aromatic carbocycles. The SMILES string of the molecule is CCCCCCCCN(C(=O)CNC(=O)OC(C)(C)C)C(C(=O)NCCCC)c1ccccc1O. The number of carbonyl (C=O) groups is 3. The average Bonchev–Trinajstić information content (AvgIpc) is 2.79. The van der Waals surface area contributed by atoms with Crippen molar-refractivity contribution in [1.29, 1.82) is 0 Å². The van der Waals surface area contributed by atoms with Crippen LogP contribution in [-0.4, -0.2) is 53.1 Å². The Morgan fingerprint density at radius 2 is 1.57 bits per heavy atom. The number of benzene rings is 1. The van der Waals surface area contributed by atoms with E-state index in [4.69, 9.17) is 4.74 Å². The van der Waals surface area contributed by atoms with Gasteiger partial charge < -0.3 is 25.4 Å². The molecule has 1 aromatic rings. The van der Waals surface area contributed by atoms with E-state index in [1.54, 1.807) is 39.0 Å². The predicted octanol–water partition coefficient (Wildman–Crippen LogP) is 5.06. The second-order valence-electron chi connectivity index (χ2n) is 9.82. The molecule has 1 unspecified atom stereocenters. The molecule has 1 atom stereocenters. The van der Waals surface area contributed by atoms with Crippen LogP contribution in [0.5, 0.6) is 5.75 Å². The van der Waals surface area contributed by atoms with Crippen molar-refractivity contribution in [3.8, 4) is 5.75 Å². The number of phenolic OH excluding ortho intramolecular Hbond substituents is 1. The first-order valence-electron chi connectivity index (χ1n) is 12.9. The summed E-state index contributed by atoms with van der Waals surface area (Å²) in [4.78, 5) is 40.2. The number of hydrogen-bond donors (Lipinski definition) is 3. The standard InChI is InChI=1S/C27H45N3O5/c1-6-8-10-11-12-15-19-30(23(32)20-29-26(34)35-27(3,4)5)24(25(33)28-18-9-7-2)21-16-13-14-17-22(21)31/h13-14,16-17,24,31H,6-12,15,18-20H2,1-5H3,(H,28,33)(H,29,34). The molecule has 0 aromatic heterocycles. The molecule has 0 radical (unpaired) electrons. The first kappa shape index (κ1) is 30.3. The summed E-state index contributed by atoms with van der Waals surface area (Å²) in [5.74, 6) is -0.816. The molecule has 1 rings (SSSR count). The highest BCUT2D eigenvalue weighted by Crippen LogP contribution is 2.29. The predicted molar refractivity (Wildman–Crippen MR) is 138 cm³/mol. The topological polar surface area (TPSA) is 108 Å². The lowest BCUT2D eigenvalue weighted by atomic mass is 10.0. The molecule has 0 aliphatic heterocycles. The molecule has 35 heavy (non-hydrogen) atoms. The number of ether oxygens (including phenoxy) is 1. The summed E-state index contributed by atoms with van der Waals surface area (Å²) >= 11 is 0. The van der Waals surface area contributed by atoms with Gasteiger partial charge in [-0.15, -0.1) is 0 Å². The number of nitrogens with zero attached hydrogens (tertiary/aromatic N) is 1. The van der Waals surface area contributed by atoms with E-state index in [0.29, 0.717) is 25.1 Å². The van der Waals surface area contributed by atoms with Gasteiger partial charge in [0.25, 0.3) is 0 Å². The van der Waals surface area contributed by atoms with Crippen molar-refractivity contribution >= 4 is 17.9 Å². The van der Waals surface area contributed by atoms with Gasteiger partial charge in [-0.1, -0.05) is 70.6 Å². The third-order valence-electron chi connectivity index (χ3n) is 5.48. The van der Waals surface area contributed by atoms with Crippen LogP contribution < -0.4 is 10.6 Å². The third kappa shape index (κ3) is 12.0. The average molecular weight is 492 g/mol. The van der Waals surface area contributed by atoms with Crippen molar-refractivity contribution in [1.82, 2.24) is 15.5 Å².